The van der Waals surface area contributed by atoms with Crippen molar-refractivity contribution in [3.63, 3.8) is 0 Å². The van der Waals surface area contributed by atoms with Crippen molar-refractivity contribution in [2.24, 2.45) is 0 Å². The number of piperazine rings is 1. The Hall–Kier alpha value is -2.04. The van der Waals surface area contributed by atoms with Gasteiger partial charge in [0.15, 0.2) is 11.5 Å². The van der Waals surface area contributed by atoms with Crippen molar-refractivity contribution in [1.29, 1.82) is 5.26 Å². The molecule has 0 atom stereocenters. The summed E-state index contributed by atoms with van der Waals surface area (Å²) in [5.41, 5.74) is 1.54. The van der Waals surface area contributed by atoms with Crippen molar-refractivity contribution in [1.82, 2.24) is 19.9 Å². The number of rotatable bonds is 3. The lowest BCUT2D eigenvalue weighted by atomic mass is 10.3. The molecule has 6 nitrogen and oxygen atoms in total. The van der Waals surface area contributed by atoms with Gasteiger partial charge in [-0.15, -0.1) is 11.3 Å². The maximum atomic E-state index is 9.13. The fourth-order valence-electron chi connectivity index (χ4n) is 2.56. The average Bonchev–Trinajstić information content (AvgIpc) is 2.86. The summed E-state index contributed by atoms with van der Waals surface area (Å²) >= 11 is 1.78. The van der Waals surface area contributed by atoms with Gasteiger partial charge in [0.1, 0.15) is 11.1 Å². The molecule has 0 amide bonds. The Morgan fingerprint density at radius 3 is 2.55 bits per heavy atom. The molecule has 3 rings (SSSR count). The van der Waals surface area contributed by atoms with Gasteiger partial charge in [0.05, 0.1) is 12.2 Å². The zero-order valence-corrected chi connectivity index (χ0v) is 13.6. The number of anilines is 1. The van der Waals surface area contributed by atoms with Crippen LogP contribution in [-0.2, 0) is 6.54 Å². The second-order valence-corrected chi connectivity index (χ2v) is 6.64. The number of hydrogen-bond donors (Lipinski definition) is 0. The number of hydrogen-bond acceptors (Lipinski definition) is 7. The van der Waals surface area contributed by atoms with Crippen LogP contribution < -0.4 is 4.90 Å². The minimum absolute atomic E-state index is 0.405. The van der Waals surface area contributed by atoms with E-state index in [9.17, 15) is 0 Å². The van der Waals surface area contributed by atoms with E-state index >= 15 is 0 Å². The van der Waals surface area contributed by atoms with Gasteiger partial charge in [0.25, 0.3) is 0 Å². The predicted octanol–water partition coefficient (Wildman–Crippen LogP) is 1.74. The molecule has 0 bridgehead atoms. The number of nitriles is 1. The van der Waals surface area contributed by atoms with E-state index < -0.39 is 0 Å². The normalized spacial score (nSPS) is 15.8. The monoisotopic (exact) mass is 314 g/mol. The van der Waals surface area contributed by atoms with Gasteiger partial charge >= 0.3 is 0 Å². The largest absolute Gasteiger partial charge is 0.352 e. The SMILES string of the molecule is Cc1nc(CN2CCN(c3nccnc3C#N)CC2)sc1C. The highest BCUT2D eigenvalue weighted by Crippen LogP contribution is 2.20. The first-order valence-corrected chi connectivity index (χ1v) is 8.10. The quantitative estimate of drug-likeness (QED) is 0.859. The summed E-state index contributed by atoms with van der Waals surface area (Å²) in [6.07, 6.45) is 3.20. The van der Waals surface area contributed by atoms with E-state index in [4.69, 9.17) is 5.26 Å². The van der Waals surface area contributed by atoms with Crippen LogP contribution in [0.1, 0.15) is 21.3 Å². The average molecular weight is 314 g/mol. The zero-order chi connectivity index (χ0) is 15.5. The van der Waals surface area contributed by atoms with Crippen LogP contribution in [0.25, 0.3) is 0 Å². The highest BCUT2D eigenvalue weighted by molar-refractivity contribution is 7.11. The maximum Gasteiger partial charge on any atom is 0.183 e. The van der Waals surface area contributed by atoms with Crippen LogP contribution in [0, 0.1) is 25.2 Å². The van der Waals surface area contributed by atoms with E-state index in [1.807, 2.05) is 0 Å². The third-order valence-electron chi connectivity index (χ3n) is 3.89. The summed E-state index contributed by atoms with van der Waals surface area (Å²) < 4.78 is 0. The summed E-state index contributed by atoms with van der Waals surface area (Å²) in [6, 6.07) is 2.12. The van der Waals surface area contributed by atoms with Crippen LogP contribution in [-0.4, -0.2) is 46.0 Å². The third-order valence-corrected chi connectivity index (χ3v) is 4.95. The van der Waals surface area contributed by atoms with Crippen LogP contribution in [0.3, 0.4) is 0 Å². The molecule has 0 saturated carbocycles. The zero-order valence-electron chi connectivity index (χ0n) is 12.8. The molecular formula is C15H18N6S. The summed E-state index contributed by atoms with van der Waals surface area (Å²) in [4.78, 5) is 18.8. The topological polar surface area (TPSA) is 68.9 Å². The van der Waals surface area contributed by atoms with Crippen LogP contribution >= 0.6 is 11.3 Å². The summed E-state index contributed by atoms with van der Waals surface area (Å²) in [5.74, 6) is 0.700. The van der Waals surface area contributed by atoms with Crippen LogP contribution in [0.2, 0.25) is 0 Å². The number of thiazole rings is 1. The van der Waals surface area contributed by atoms with Gasteiger partial charge in [0, 0.05) is 43.4 Å². The van der Waals surface area contributed by atoms with E-state index in [1.165, 1.54) is 9.88 Å². The molecule has 22 heavy (non-hydrogen) atoms. The molecule has 1 saturated heterocycles. The van der Waals surface area contributed by atoms with Gasteiger partial charge in [-0.3, -0.25) is 4.90 Å². The third kappa shape index (κ3) is 3.08. The lowest BCUT2D eigenvalue weighted by Crippen LogP contribution is -2.46. The molecule has 2 aromatic rings. The Morgan fingerprint density at radius 2 is 1.91 bits per heavy atom. The van der Waals surface area contributed by atoms with Crippen molar-refractivity contribution < 1.29 is 0 Å². The highest BCUT2D eigenvalue weighted by atomic mass is 32.1. The summed E-state index contributed by atoms with van der Waals surface area (Å²) in [5, 5.41) is 10.3. The van der Waals surface area contributed by atoms with Gasteiger partial charge in [-0.1, -0.05) is 0 Å². The molecule has 1 fully saturated rings. The smallest absolute Gasteiger partial charge is 0.183 e. The minimum Gasteiger partial charge on any atom is -0.352 e. The fraction of sp³-hybridized carbons (Fsp3) is 0.467. The fourth-order valence-corrected chi connectivity index (χ4v) is 3.53. The van der Waals surface area contributed by atoms with E-state index in [0.717, 1.165) is 38.4 Å². The van der Waals surface area contributed by atoms with Gasteiger partial charge in [-0.05, 0) is 13.8 Å². The van der Waals surface area contributed by atoms with E-state index in [-0.39, 0.29) is 0 Å². The highest BCUT2D eigenvalue weighted by Gasteiger charge is 2.21. The van der Waals surface area contributed by atoms with Gasteiger partial charge in [0.2, 0.25) is 0 Å². The van der Waals surface area contributed by atoms with Crippen molar-refractivity contribution in [3.05, 3.63) is 33.7 Å². The predicted molar refractivity (Wildman–Crippen MR) is 85.8 cm³/mol. The molecule has 2 aromatic heterocycles. The lowest BCUT2D eigenvalue weighted by molar-refractivity contribution is 0.249. The Morgan fingerprint density at radius 1 is 1.18 bits per heavy atom. The number of aromatic nitrogens is 3. The molecule has 0 N–H and O–H groups in total. The van der Waals surface area contributed by atoms with E-state index in [1.54, 1.807) is 23.7 Å². The van der Waals surface area contributed by atoms with Crippen molar-refractivity contribution in [3.8, 4) is 6.07 Å². The van der Waals surface area contributed by atoms with Crippen molar-refractivity contribution >= 4 is 17.2 Å². The second kappa shape index (κ2) is 6.38. The Balaban J connectivity index is 1.62. The Bertz CT molecular complexity index is 677. The van der Waals surface area contributed by atoms with Crippen LogP contribution in [0.5, 0.6) is 0 Å². The molecule has 1 aliphatic rings. The van der Waals surface area contributed by atoms with E-state index in [0.29, 0.717) is 11.5 Å². The first-order valence-electron chi connectivity index (χ1n) is 7.28. The first kappa shape index (κ1) is 14.9. The minimum atomic E-state index is 0.405. The summed E-state index contributed by atoms with van der Waals surface area (Å²) in [6.45, 7) is 8.68. The van der Waals surface area contributed by atoms with E-state index in [2.05, 4.69) is 44.7 Å². The first-order chi connectivity index (χ1) is 10.7. The molecule has 0 spiro atoms. The molecule has 0 aromatic carbocycles. The molecule has 7 heteroatoms. The molecule has 0 unspecified atom stereocenters. The number of aryl methyl sites for hydroxylation is 2. The van der Waals surface area contributed by atoms with Crippen molar-refractivity contribution in [2.45, 2.75) is 20.4 Å². The summed E-state index contributed by atoms with van der Waals surface area (Å²) in [7, 11) is 0. The molecule has 114 valence electrons. The Kier molecular flexibility index (Phi) is 4.32. The maximum absolute atomic E-state index is 9.13. The molecule has 0 radical (unpaired) electrons. The molecular weight excluding hydrogens is 296 g/mol. The second-order valence-electron chi connectivity index (χ2n) is 5.35. The standard InChI is InChI=1S/C15H18N6S/c1-11-12(2)22-14(19-11)10-20-5-7-21(8-6-20)15-13(9-16)17-3-4-18-15/h3-4H,5-8,10H2,1-2H3. The van der Waals surface area contributed by atoms with Gasteiger partial charge in [-0.2, -0.15) is 5.26 Å². The molecule has 0 aliphatic carbocycles. The lowest BCUT2D eigenvalue weighted by Gasteiger charge is -2.34. The van der Waals surface area contributed by atoms with Crippen LogP contribution in [0.4, 0.5) is 5.82 Å². The molecule has 3 heterocycles. The Labute approximate surface area is 134 Å². The van der Waals surface area contributed by atoms with Gasteiger partial charge in [-0.25, -0.2) is 15.0 Å². The van der Waals surface area contributed by atoms with Gasteiger partial charge < -0.3 is 4.90 Å². The number of nitrogens with zero attached hydrogens (tertiary/aromatic N) is 6. The molecule has 1 aliphatic heterocycles. The van der Waals surface area contributed by atoms with Crippen molar-refractivity contribution in [2.75, 3.05) is 31.1 Å². The van der Waals surface area contributed by atoms with Crippen LogP contribution in [0.15, 0.2) is 12.4 Å².